The number of hydrogen-bond donors (Lipinski definition) is 1. The Hall–Kier alpha value is -1.59. The van der Waals surface area contributed by atoms with Crippen LogP contribution in [0.15, 0.2) is 24.3 Å². The van der Waals surface area contributed by atoms with Crippen LogP contribution in [0.25, 0.3) is 0 Å². The highest BCUT2D eigenvalue weighted by Gasteiger charge is 2.49. The van der Waals surface area contributed by atoms with Crippen LogP contribution >= 0.6 is 11.6 Å². The van der Waals surface area contributed by atoms with Crippen molar-refractivity contribution in [2.75, 3.05) is 13.2 Å². The molecule has 2 aliphatic rings. The summed E-state index contributed by atoms with van der Waals surface area (Å²) in [6.45, 7) is 2.72. The fourth-order valence-electron chi connectivity index (χ4n) is 2.83. The van der Waals surface area contributed by atoms with Gasteiger partial charge in [0.2, 0.25) is 0 Å². The van der Waals surface area contributed by atoms with Gasteiger partial charge in [0.05, 0.1) is 12.6 Å². The number of rotatable bonds is 3. The van der Waals surface area contributed by atoms with E-state index in [1.54, 1.807) is 31.2 Å². The maximum absolute atomic E-state index is 12.7. The first kappa shape index (κ1) is 14.4. The van der Waals surface area contributed by atoms with E-state index in [2.05, 4.69) is 5.32 Å². The Morgan fingerprint density at radius 3 is 2.71 bits per heavy atom. The average Bonchev–Trinajstić information content (AvgIpc) is 3.03. The van der Waals surface area contributed by atoms with Gasteiger partial charge in [-0.25, -0.2) is 4.79 Å². The topological polar surface area (TPSA) is 58.6 Å². The number of nitrogens with one attached hydrogen (secondary N) is 1. The minimum Gasteiger partial charge on any atom is -0.376 e. The van der Waals surface area contributed by atoms with Gasteiger partial charge < -0.3 is 10.1 Å². The van der Waals surface area contributed by atoms with Crippen molar-refractivity contribution in [1.29, 1.82) is 0 Å². The number of ether oxygens (including phenoxy) is 1. The van der Waals surface area contributed by atoms with Crippen LogP contribution in [0.5, 0.6) is 0 Å². The van der Waals surface area contributed by atoms with Gasteiger partial charge in [0, 0.05) is 11.6 Å². The largest absolute Gasteiger partial charge is 0.376 e. The second kappa shape index (κ2) is 5.31. The van der Waals surface area contributed by atoms with Gasteiger partial charge in [-0.05, 0) is 37.5 Å². The van der Waals surface area contributed by atoms with E-state index in [1.807, 2.05) is 0 Å². The molecule has 2 saturated heterocycles. The molecule has 3 amide bonds. The molecule has 0 saturated carbocycles. The van der Waals surface area contributed by atoms with E-state index in [9.17, 15) is 9.59 Å². The molecule has 0 aliphatic carbocycles. The number of hydrogen-bond acceptors (Lipinski definition) is 3. The van der Waals surface area contributed by atoms with E-state index in [1.165, 1.54) is 4.90 Å². The van der Waals surface area contributed by atoms with Gasteiger partial charge in [-0.1, -0.05) is 23.7 Å². The van der Waals surface area contributed by atoms with Crippen molar-refractivity contribution in [2.24, 2.45) is 0 Å². The summed E-state index contributed by atoms with van der Waals surface area (Å²) in [5.41, 5.74) is -0.319. The predicted octanol–water partition coefficient (Wildman–Crippen LogP) is 2.29. The summed E-state index contributed by atoms with van der Waals surface area (Å²) in [5, 5.41) is 3.37. The molecule has 2 aliphatic heterocycles. The van der Waals surface area contributed by atoms with Gasteiger partial charge in [-0.15, -0.1) is 0 Å². The Kier molecular flexibility index (Phi) is 3.63. The summed E-state index contributed by atoms with van der Waals surface area (Å²) >= 11 is 5.87. The van der Waals surface area contributed by atoms with E-state index < -0.39 is 5.54 Å². The lowest BCUT2D eigenvalue weighted by Gasteiger charge is -2.23. The Labute approximate surface area is 128 Å². The summed E-state index contributed by atoms with van der Waals surface area (Å²) < 4.78 is 5.51. The first-order chi connectivity index (χ1) is 10.0. The fraction of sp³-hybridized carbons (Fsp3) is 0.467. The summed E-state index contributed by atoms with van der Waals surface area (Å²) in [6.07, 6.45) is 1.81. The number of benzene rings is 1. The molecule has 2 atom stereocenters. The SMILES string of the molecule is C[C@]1(c2ccc(Cl)cc2)NC(=O)N(C[C@H]2CCCO2)C1=O. The average molecular weight is 309 g/mol. The first-order valence-electron chi connectivity index (χ1n) is 7.02. The highest BCUT2D eigenvalue weighted by Crippen LogP contribution is 2.30. The lowest BCUT2D eigenvalue weighted by Crippen LogP contribution is -2.41. The van der Waals surface area contributed by atoms with Gasteiger partial charge in [0.1, 0.15) is 5.54 Å². The molecule has 5 nitrogen and oxygen atoms in total. The van der Waals surface area contributed by atoms with Crippen LogP contribution in [-0.2, 0) is 15.1 Å². The smallest absolute Gasteiger partial charge is 0.325 e. The molecule has 1 aromatic carbocycles. The van der Waals surface area contributed by atoms with E-state index >= 15 is 0 Å². The highest BCUT2D eigenvalue weighted by molar-refractivity contribution is 6.30. The van der Waals surface area contributed by atoms with Crippen LogP contribution in [0.3, 0.4) is 0 Å². The van der Waals surface area contributed by atoms with Crippen molar-refractivity contribution in [3.63, 3.8) is 0 Å². The van der Waals surface area contributed by atoms with E-state index in [-0.39, 0.29) is 18.0 Å². The molecule has 1 aromatic rings. The van der Waals surface area contributed by atoms with Gasteiger partial charge in [-0.2, -0.15) is 0 Å². The first-order valence-corrected chi connectivity index (χ1v) is 7.40. The molecule has 0 bridgehead atoms. The molecular weight excluding hydrogens is 292 g/mol. The third-order valence-corrected chi connectivity index (χ3v) is 4.36. The zero-order valence-corrected chi connectivity index (χ0v) is 12.5. The lowest BCUT2D eigenvalue weighted by atomic mass is 9.92. The molecule has 0 spiro atoms. The monoisotopic (exact) mass is 308 g/mol. The molecular formula is C15H17ClN2O3. The number of carbonyl (C=O) groups is 2. The van der Waals surface area contributed by atoms with Crippen molar-refractivity contribution in [3.8, 4) is 0 Å². The maximum atomic E-state index is 12.7. The molecule has 2 fully saturated rings. The Bertz CT molecular complexity index is 569. The van der Waals surface area contributed by atoms with Gasteiger partial charge >= 0.3 is 6.03 Å². The van der Waals surface area contributed by atoms with Crippen molar-refractivity contribution in [1.82, 2.24) is 10.2 Å². The van der Waals surface area contributed by atoms with Gasteiger partial charge in [0.25, 0.3) is 5.91 Å². The predicted molar refractivity (Wildman–Crippen MR) is 78.0 cm³/mol. The summed E-state index contributed by atoms with van der Waals surface area (Å²) in [6, 6.07) is 6.58. The van der Waals surface area contributed by atoms with E-state index in [0.717, 1.165) is 18.4 Å². The molecule has 0 radical (unpaired) electrons. The molecule has 0 aromatic heterocycles. The number of amides is 3. The Morgan fingerprint density at radius 1 is 1.38 bits per heavy atom. The molecule has 3 rings (SSSR count). The number of halogens is 1. The number of imide groups is 1. The number of carbonyl (C=O) groups excluding carboxylic acids is 2. The quantitative estimate of drug-likeness (QED) is 0.872. The molecule has 6 heteroatoms. The second-order valence-electron chi connectivity index (χ2n) is 5.61. The zero-order chi connectivity index (χ0) is 15.0. The summed E-state index contributed by atoms with van der Waals surface area (Å²) in [5.74, 6) is -0.245. The summed E-state index contributed by atoms with van der Waals surface area (Å²) in [4.78, 5) is 26.1. The van der Waals surface area contributed by atoms with Crippen LogP contribution < -0.4 is 5.32 Å². The minimum absolute atomic E-state index is 0.0488. The lowest BCUT2D eigenvalue weighted by molar-refractivity contribution is -0.132. The van der Waals surface area contributed by atoms with Crippen molar-refractivity contribution < 1.29 is 14.3 Å². The normalized spacial score (nSPS) is 29.0. The van der Waals surface area contributed by atoms with Crippen LogP contribution in [0, 0.1) is 0 Å². The zero-order valence-electron chi connectivity index (χ0n) is 11.8. The molecule has 2 heterocycles. The standard InChI is InChI=1S/C15H17ClN2O3/c1-15(10-4-6-11(16)7-5-10)13(19)18(14(20)17-15)9-12-3-2-8-21-12/h4-7,12H,2-3,8-9H2,1H3,(H,17,20)/t12-,15-/m1/s1. The van der Waals surface area contributed by atoms with E-state index in [0.29, 0.717) is 18.2 Å². The Balaban J connectivity index is 1.82. The van der Waals surface area contributed by atoms with Gasteiger partial charge in [0.15, 0.2) is 0 Å². The molecule has 112 valence electrons. The molecule has 21 heavy (non-hydrogen) atoms. The number of nitrogens with zero attached hydrogens (tertiary/aromatic N) is 1. The second-order valence-corrected chi connectivity index (χ2v) is 6.05. The number of urea groups is 1. The Morgan fingerprint density at radius 2 is 2.10 bits per heavy atom. The highest BCUT2D eigenvalue weighted by atomic mass is 35.5. The van der Waals surface area contributed by atoms with Crippen LogP contribution in [0.4, 0.5) is 4.79 Å². The molecule has 0 unspecified atom stereocenters. The van der Waals surface area contributed by atoms with Crippen molar-refractivity contribution in [3.05, 3.63) is 34.9 Å². The van der Waals surface area contributed by atoms with Gasteiger partial charge in [-0.3, -0.25) is 9.69 Å². The van der Waals surface area contributed by atoms with Crippen molar-refractivity contribution in [2.45, 2.75) is 31.4 Å². The third kappa shape index (κ3) is 2.51. The minimum atomic E-state index is -1.04. The molecule has 1 N–H and O–H groups in total. The van der Waals surface area contributed by atoms with E-state index in [4.69, 9.17) is 16.3 Å². The summed E-state index contributed by atoms with van der Waals surface area (Å²) in [7, 11) is 0. The maximum Gasteiger partial charge on any atom is 0.325 e. The van der Waals surface area contributed by atoms with Crippen molar-refractivity contribution >= 4 is 23.5 Å². The van der Waals surface area contributed by atoms with Crippen LogP contribution in [-0.4, -0.2) is 36.1 Å². The van der Waals surface area contributed by atoms with Crippen LogP contribution in [0.2, 0.25) is 5.02 Å². The third-order valence-electron chi connectivity index (χ3n) is 4.11. The van der Waals surface area contributed by atoms with Crippen LogP contribution in [0.1, 0.15) is 25.3 Å². The fourth-order valence-corrected chi connectivity index (χ4v) is 2.96.